The Morgan fingerprint density at radius 1 is 1.44 bits per heavy atom. The quantitative estimate of drug-likeness (QED) is 0.577. The molecule has 7 heteroatoms. The van der Waals surface area contributed by atoms with E-state index in [0.29, 0.717) is 19.4 Å². The van der Waals surface area contributed by atoms with E-state index >= 15 is 0 Å². The van der Waals surface area contributed by atoms with E-state index < -0.39 is 18.0 Å². The van der Waals surface area contributed by atoms with Gasteiger partial charge in [-0.15, -0.1) is 0 Å². The molecule has 90 valence electrons. The Hall–Kier alpha value is -1.79. The standard InChI is InChI=1S/C9H15N3O4/c1-10-7(13)5-11-9(16)12-4-2-3-6(12)8(14)15/h6H,2-5H2,1H3,(H,10,13)(H,11,16)(H,14,15)/t6-/m1/s1. The summed E-state index contributed by atoms with van der Waals surface area (Å²) in [6, 6.07) is -1.28. The number of likely N-dealkylation sites (tertiary alicyclic amines) is 1. The Balaban J connectivity index is 2.47. The third kappa shape index (κ3) is 2.85. The summed E-state index contributed by atoms with van der Waals surface area (Å²) >= 11 is 0. The third-order valence-corrected chi connectivity index (χ3v) is 2.48. The summed E-state index contributed by atoms with van der Waals surface area (Å²) < 4.78 is 0. The number of carbonyl (C=O) groups is 3. The molecule has 0 aliphatic carbocycles. The van der Waals surface area contributed by atoms with Crippen molar-refractivity contribution < 1.29 is 19.5 Å². The number of likely N-dealkylation sites (N-methyl/N-ethyl adjacent to an activating group) is 1. The molecule has 1 rings (SSSR count). The first-order valence-corrected chi connectivity index (χ1v) is 5.04. The molecule has 0 radical (unpaired) electrons. The Bertz CT molecular complexity index is 305. The van der Waals surface area contributed by atoms with Crippen LogP contribution >= 0.6 is 0 Å². The van der Waals surface area contributed by atoms with E-state index in [-0.39, 0.29) is 12.5 Å². The Kier molecular flexibility index (Phi) is 4.10. The predicted octanol–water partition coefficient (Wildman–Crippen LogP) is -1.01. The molecule has 1 aliphatic heterocycles. The molecule has 7 nitrogen and oxygen atoms in total. The molecule has 1 fully saturated rings. The van der Waals surface area contributed by atoms with E-state index in [0.717, 1.165) is 0 Å². The second-order valence-corrected chi connectivity index (χ2v) is 3.52. The highest BCUT2D eigenvalue weighted by Crippen LogP contribution is 2.16. The van der Waals surface area contributed by atoms with E-state index in [1.165, 1.54) is 11.9 Å². The highest BCUT2D eigenvalue weighted by molar-refractivity contribution is 5.86. The molecule has 3 N–H and O–H groups in total. The minimum Gasteiger partial charge on any atom is -0.480 e. The molecule has 1 heterocycles. The van der Waals surface area contributed by atoms with Crippen LogP contribution < -0.4 is 10.6 Å². The van der Waals surface area contributed by atoms with Gasteiger partial charge in [-0.25, -0.2) is 9.59 Å². The van der Waals surface area contributed by atoms with Gasteiger partial charge in [-0.3, -0.25) is 4.79 Å². The number of hydrogen-bond donors (Lipinski definition) is 3. The fourth-order valence-corrected chi connectivity index (χ4v) is 1.61. The maximum Gasteiger partial charge on any atom is 0.326 e. The fraction of sp³-hybridized carbons (Fsp3) is 0.667. The highest BCUT2D eigenvalue weighted by atomic mass is 16.4. The van der Waals surface area contributed by atoms with Crippen molar-refractivity contribution in [3.8, 4) is 0 Å². The van der Waals surface area contributed by atoms with Crippen LogP contribution in [0.4, 0.5) is 4.79 Å². The zero-order valence-corrected chi connectivity index (χ0v) is 9.02. The van der Waals surface area contributed by atoms with Gasteiger partial charge in [0.05, 0.1) is 6.54 Å². The van der Waals surface area contributed by atoms with Crippen LogP contribution in [0.1, 0.15) is 12.8 Å². The lowest BCUT2D eigenvalue weighted by atomic mass is 10.2. The maximum absolute atomic E-state index is 11.6. The average molecular weight is 229 g/mol. The second kappa shape index (κ2) is 5.34. The van der Waals surface area contributed by atoms with Gasteiger partial charge in [-0.2, -0.15) is 0 Å². The number of aliphatic carboxylic acids is 1. The van der Waals surface area contributed by atoms with Crippen molar-refractivity contribution in [1.82, 2.24) is 15.5 Å². The van der Waals surface area contributed by atoms with E-state index in [1.807, 2.05) is 0 Å². The van der Waals surface area contributed by atoms with Crippen molar-refractivity contribution in [3.63, 3.8) is 0 Å². The van der Waals surface area contributed by atoms with Crippen LogP contribution in [0.2, 0.25) is 0 Å². The minimum atomic E-state index is -1.01. The molecule has 3 amide bonds. The predicted molar refractivity (Wildman–Crippen MR) is 54.8 cm³/mol. The van der Waals surface area contributed by atoms with Gasteiger partial charge >= 0.3 is 12.0 Å². The van der Waals surface area contributed by atoms with Gasteiger partial charge in [0.15, 0.2) is 0 Å². The number of amides is 3. The summed E-state index contributed by atoms with van der Waals surface area (Å²) in [7, 11) is 1.46. The summed E-state index contributed by atoms with van der Waals surface area (Å²) in [4.78, 5) is 34.5. The molecule has 0 aromatic rings. The monoisotopic (exact) mass is 229 g/mol. The topological polar surface area (TPSA) is 98.7 Å². The molecule has 1 saturated heterocycles. The number of urea groups is 1. The molecular formula is C9H15N3O4. The summed E-state index contributed by atoms with van der Waals surface area (Å²) in [5.41, 5.74) is 0. The number of nitrogens with one attached hydrogen (secondary N) is 2. The Morgan fingerprint density at radius 2 is 2.12 bits per heavy atom. The third-order valence-electron chi connectivity index (χ3n) is 2.48. The fourth-order valence-electron chi connectivity index (χ4n) is 1.61. The van der Waals surface area contributed by atoms with Gasteiger partial charge in [0.2, 0.25) is 5.91 Å². The van der Waals surface area contributed by atoms with E-state index in [1.54, 1.807) is 0 Å². The van der Waals surface area contributed by atoms with Crippen molar-refractivity contribution in [1.29, 1.82) is 0 Å². The molecule has 0 aromatic heterocycles. The average Bonchev–Trinajstić information content (AvgIpc) is 2.74. The van der Waals surface area contributed by atoms with E-state index in [2.05, 4.69) is 10.6 Å². The van der Waals surface area contributed by atoms with Gasteiger partial charge in [0.25, 0.3) is 0 Å². The lowest BCUT2D eigenvalue weighted by Gasteiger charge is -2.21. The summed E-state index contributed by atoms with van der Waals surface area (Å²) in [5.74, 6) is -1.33. The largest absolute Gasteiger partial charge is 0.480 e. The maximum atomic E-state index is 11.6. The highest BCUT2D eigenvalue weighted by Gasteiger charge is 2.33. The van der Waals surface area contributed by atoms with Crippen LogP contribution in [0.3, 0.4) is 0 Å². The normalized spacial score (nSPS) is 19.3. The number of rotatable bonds is 3. The molecule has 0 bridgehead atoms. The van der Waals surface area contributed by atoms with Crippen molar-refractivity contribution in [2.75, 3.05) is 20.1 Å². The van der Waals surface area contributed by atoms with Gasteiger partial charge < -0.3 is 20.6 Å². The zero-order valence-electron chi connectivity index (χ0n) is 9.02. The smallest absolute Gasteiger partial charge is 0.326 e. The van der Waals surface area contributed by atoms with E-state index in [4.69, 9.17) is 5.11 Å². The lowest BCUT2D eigenvalue weighted by molar-refractivity contribution is -0.141. The van der Waals surface area contributed by atoms with Crippen molar-refractivity contribution in [2.45, 2.75) is 18.9 Å². The Morgan fingerprint density at radius 3 is 2.69 bits per heavy atom. The zero-order chi connectivity index (χ0) is 12.1. The number of carbonyl (C=O) groups excluding carboxylic acids is 2. The first-order valence-electron chi connectivity index (χ1n) is 5.04. The van der Waals surface area contributed by atoms with Gasteiger partial charge in [-0.1, -0.05) is 0 Å². The molecule has 0 saturated carbocycles. The Labute approximate surface area is 92.8 Å². The molecular weight excluding hydrogens is 214 g/mol. The molecule has 1 aliphatic rings. The second-order valence-electron chi connectivity index (χ2n) is 3.52. The van der Waals surface area contributed by atoms with Crippen LogP contribution in [-0.2, 0) is 9.59 Å². The number of hydrogen-bond acceptors (Lipinski definition) is 3. The van der Waals surface area contributed by atoms with E-state index in [9.17, 15) is 14.4 Å². The van der Waals surface area contributed by atoms with Crippen LogP contribution in [-0.4, -0.2) is 54.1 Å². The van der Waals surface area contributed by atoms with Crippen molar-refractivity contribution in [2.24, 2.45) is 0 Å². The van der Waals surface area contributed by atoms with Crippen LogP contribution in [0, 0.1) is 0 Å². The van der Waals surface area contributed by atoms with Gasteiger partial charge in [-0.05, 0) is 12.8 Å². The van der Waals surface area contributed by atoms with Crippen LogP contribution in [0.25, 0.3) is 0 Å². The summed E-state index contributed by atoms with van der Waals surface area (Å²) in [5, 5.41) is 13.6. The molecule has 0 aromatic carbocycles. The van der Waals surface area contributed by atoms with Crippen LogP contribution in [0.5, 0.6) is 0 Å². The number of nitrogens with zero attached hydrogens (tertiary/aromatic N) is 1. The number of carboxylic acids is 1. The molecule has 16 heavy (non-hydrogen) atoms. The van der Waals surface area contributed by atoms with Gasteiger partial charge in [0, 0.05) is 13.6 Å². The molecule has 1 atom stereocenters. The molecule has 0 spiro atoms. The first kappa shape index (κ1) is 12.3. The van der Waals surface area contributed by atoms with Crippen molar-refractivity contribution >= 4 is 17.9 Å². The summed E-state index contributed by atoms with van der Waals surface area (Å²) in [6.07, 6.45) is 1.13. The van der Waals surface area contributed by atoms with Crippen LogP contribution in [0.15, 0.2) is 0 Å². The number of carboxylic acid groups (broad SMARTS) is 1. The first-order chi connectivity index (χ1) is 7.56. The lowest BCUT2D eigenvalue weighted by Crippen LogP contribution is -2.48. The molecule has 0 unspecified atom stereocenters. The summed E-state index contributed by atoms with van der Waals surface area (Å²) in [6.45, 7) is 0.273. The minimum absolute atomic E-state index is 0.141. The SMILES string of the molecule is CNC(=O)CNC(=O)N1CCC[C@@H]1C(=O)O. The van der Waals surface area contributed by atoms with Gasteiger partial charge in [0.1, 0.15) is 6.04 Å². The van der Waals surface area contributed by atoms with Crippen molar-refractivity contribution in [3.05, 3.63) is 0 Å².